The van der Waals surface area contributed by atoms with Gasteiger partial charge in [-0.3, -0.25) is 0 Å². The SMILES string of the molecule is Brc1cc2c(c(CNc3ncnc4ccsc34)c1)OCC2. The zero-order valence-electron chi connectivity index (χ0n) is 11.1. The van der Waals surface area contributed by atoms with Gasteiger partial charge in [0.1, 0.15) is 17.9 Å². The molecular weight excluding hydrogens is 350 g/mol. The Hall–Kier alpha value is -1.66. The van der Waals surface area contributed by atoms with Gasteiger partial charge in [-0.2, -0.15) is 0 Å². The Labute approximate surface area is 134 Å². The molecule has 0 unspecified atom stereocenters. The van der Waals surface area contributed by atoms with E-state index in [4.69, 9.17) is 4.74 Å². The first kappa shape index (κ1) is 13.0. The molecule has 0 radical (unpaired) electrons. The fourth-order valence-electron chi connectivity index (χ4n) is 2.57. The maximum absolute atomic E-state index is 5.75. The Morgan fingerprint density at radius 2 is 2.29 bits per heavy atom. The Balaban J connectivity index is 1.64. The van der Waals surface area contributed by atoms with Gasteiger partial charge in [-0.1, -0.05) is 15.9 Å². The third-order valence-corrected chi connectivity index (χ3v) is 4.88. The van der Waals surface area contributed by atoms with Crippen molar-refractivity contribution >= 4 is 43.3 Å². The quantitative estimate of drug-likeness (QED) is 0.765. The molecule has 6 heteroatoms. The standard InChI is InChI=1S/C15H12BrN3OS/c16-11-5-9-1-3-20-13(9)10(6-11)7-17-15-14-12(2-4-21-14)18-8-19-15/h2,4-6,8H,1,3,7H2,(H,17,18,19). The maximum Gasteiger partial charge on any atom is 0.147 e. The Morgan fingerprint density at radius 3 is 3.24 bits per heavy atom. The van der Waals surface area contributed by atoms with Crippen LogP contribution in [0.3, 0.4) is 0 Å². The molecular formula is C15H12BrN3OS. The third-order valence-electron chi connectivity index (χ3n) is 3.51. The molecule has 0 saturated carbocycles. The van der Waals surface area contributed by atoms with E-state index in [0.29, 0.717) is 6.54 Å². The van der Waals surface area contributed by atoms with Crippen LogP contribution in [0.1, 0.15) is 11.1 Å². The van der Waals surface area contributed by atoms with Crippen LogP contribution in [0.4, 0.5) is 5.82 Å². The van der Waals surface area contributed by atoms with Gasteiger partial charge in [-0.05, 0) is 29.1 Å². The molecule has 1 aliphatic rings. The molecule has 21 heavy (non-hydrogen) atoms. The first-order valence-electron chi connectivity index (χ1n) is 6.67. The second kappa shape index (κ2) is 5.27. The molecule has 0 atom stereocenters. The molecule has 0 bridgehead atoms. The van der Waals surface area contributed by atoms with Crippen LogP contribution in [0.2, 0.25) is 0 Å². The summed E-state index contributed by atoms with van der Waals surface area (Å²) in [5.74, 6) is 1.89. The predicted molar refractivity (Wildman–Crippen MR) is 88.1 cm³/mol. The third kappa shape index (κ3) is 2.38. The van der Waals surface area contributed by atoms with Crippen LogP contribution in [-0.4, -0.2) is 16.6 Å². The van der Waals surface area contributed by atoms with E-state index in [1.54, 1.807) is 17.7 Å². The molecule has 0 amide bonds. The summed E-state index contributed by atoms with van der Waals surface area (Å²) in [6.07, 6.45) is 2.57. The van der Waals surface area contributed by atoms with E-state index < -0.39 is 0 Å². The molecule has 1 aromatic carbocycles. The van der Waals surface area contributed by atoms with Crippen LogP contribution < -0.4 is 10.1 Å². The second-order valence-electron chi connectivity index (χ2n) is 4.86. The van der Waals surface area contributed by atoms with Gasteiger partial charge >= 0.3 is 0 Å². The van der Waals surface area contributed by atoms with E-state index in [9.17, 15) is 0 Å². The summed E-state index contributed by atoms with van der Waals surface area (Å²) in [7, 11) is 0. The topological polar surface area (TPSA) is 47.0 Å². The minimum Gasteiger partial charge on any atom is -0.493 e. The largest absolute Gasteiger partial charge is 0.493 e. The van der Waals surface area contributed by atoms with Gasteiger partial charge in [0.05, 0.1) is 16.8 Å². The highest BCUT2D eigenvalue weighted by Gasteiger charge is 2.17. The van der Waals surface area contributed by atoms with Gasteiger partial charge in [0.2, 0.25) is 0 Å². The van der Waals surface area contributed by atoms with Crippen molar-refractivity contribution in [2.75, 3.05) is 11.9 Å². The fourth-order valence-corrected chi connectivity index (χ4v) is 3.93. The molecule has 0 saturated heterocycles. The number of nitrogens with one attached hydrogen (secondary N) is 1. The lowest BCUT2D eigenvalue weighted by molar-refractivity contribution is 0.354. The van der Waals surface area contributed by atoms with E-state index in [1.165, 1.54) is 5.56 Å². The molecule has 1 aliphatic heterocycles. The molecule has 4 nitrogen and oxygen atoms in total. The highest BCUT2D eigenvalue weighted by molar-refractivity contribution is 9.10. The lowest BCUT2D eigenvalue weighted by Crippen LogP contribution is -2.03. The monoisotopic (exact) mass is 361 g/mol. The van der Waals surface area contributed by atoms with Crippen molar-refractivity contribution in [3.63, 3.8) is 0 Å². The number of benzene rings is 1. The van der Waals surface area contributed by atoms with E-state index >= 15 is 0 Å². The molecule has 3 aromatic rings. The highest BCUT2D eigenvalue weighted by Crippen LogP contribution is 2.34. The van der Waals surface area contributed by atoms with Crippen molar-refractivity contribution in [3.05, 3.63) is 45.5 Å². The van der Waals surface area contributed by atoms with Crippen molar-refractivity contribution in [3.8, 4) is 5.75 Å². The summed E-state index contributed by atoms with van der Waals surface area (Å²) in [6.45, 7) is 1.45. The van der Waals surface area contributed by atoms with E-state index in [0.717, 1.165) is 44.8 Å². The van der Waals surface area contributed by atoms with Crippen molar-refractivity contribution in [2.24, 2.45) is 0 Å². The molecule has 0 aliphatic carbocycles. The lowest BCUT2D eigenvalue weighted by atomic mass is 10.1. The van der Waals surface area contributed by atoms with Crippen LogP contribution in [0.15, 0.2) is 34.4 Å². The lowest BCUT2D eigenvalue weighted by Gasteiger charge is -2.11. The Bertz CT molecular complexity index is 818. The first-order valence-corrected chi connectivity index (χ1v) is 8.35. The van der Waals surface area contributed by atoms with Crippen LogP contribution in [0, 0.1) is 0 Å². The highest BCUT2D eigenvalue weighted by atomic mass is 79.9. The molecule has 3 heterocycles. The van der Waals surface area contributed by atoms with Gasteiger partial charge in [0.25, 0.3) is 0 Å². The van der Waals surface area contributed by atoms with Crippen LogP contribution in [0.25, 0.3) is 10.2 Å². The van der Waals surface area contributed by atoms with Gasteiger partial charge in [0.15, 0.2) is 0 Å². The maximum atomic E-state index is 5.75. The average molecular weight is 362 g/mol. The van der Waals surface area contributed by atoms with Crippen LogP contribution in [0.5, 0.6) is 5.75 Å². The van der Waals surface area contributed by atoms with Gasteiger partial charge in [-0.15, -0.1) is 11.3 Å². The van der Waals surface area contributed by atoms with Gasteiger partial charge < -0.3 is 10.1 Å². The van der Waals surface area contributed by atoms with Crippen LogP contribution in [-0.2, 0) is 13.0 Å². The number of hydrogen-bond donors (Lipinski definition) is 1. The predicted octanol–water partition coefficient (Wildman–Crippen LogP) is 4.00. The minimum atomic E-state index is 0.686. The van der Waals surface area contributed by atoms with Crippen molar-refractivity contribution in [1.29, 1.82) is 0 Å². The number of halogens is 1. The fraction of sp³-hybridized carbons (Fsp3) is 0.200. The zero-order chi connectivity index (χ0) is 14.2. The number of rotatable bonds is 3. The van der Waals surface area contributed by atoms with Crippen molar-refractivity contribution < 1.29 is 4.74 Å². The molecule has 0 fully saturated rings. The van der Waals surface area contributed by atoms with Gasteiger partial charge in [-0.25, -0.2) is 9.97 Å². The normalized spacial score (nSPS) is 13.2. The summed E-state index contributed by atoms with van der Waals surface area (Å²) in [4.78, 5) is 8.60. The summed E-state index contributed by atoms with van der Waals surface area (Å²) >= 11 is 5.22. The number of thiophene rings is 1. The average Bonchev–Trinajstić information content (AvgIpc) is 3.12. The first-order chi connectivity index (χ1) is 10.3. The number of fused-ring (bicyclic) bond motifs is 2. The smallest absolute Gasteiger partial charge is 0.147 e. The van der Waals surface area contributed by atoms with Crippen molar-refractivity contribution in [1.82, 2.24) is 9.97 Å². The second-order valence-corrected chi connectivity index (χ2v) is 6.69. The van der Waals surface area contributed by atoms with E-state index in [-0.39, 0.29) is 0 Å². The zero-order valence-corrected chi connectivity index (χ0v) is 13.5. The van der Waals surface area contributed by atoms with Crippen LogP contribution >= 0.6 is 27.3 Å². The minimum absolute atomic E-state index is 0.686. The summed E-state index contributed by atoms with van der Waals surface area (Å²) in [5.41, 5.74) is 3.40. The number of nitrogens with zero attached hydrogens (tertiary/aromatic N) is 2. The van der Waals surface area contributed by atoms with E-state index in [1.807, 2.05) is 11.4 Å². The summed E-state index contributed by atoms with van der Waals surface area (Å²) < 4.78 is 7.93. The van der Waals surface area contributed by atoms with Crippen molar-refractivity contribution in [2.45, 2.75) is 13.0 Å². The molecule has 1 N–H and O–H groups in total. The molecule has 4 rings (SSSR count). The number of aromatic nitrogens is 2. The summed E-state index contributed by atoms with van der Waals surface area (Å²) in [5, 5.41) is 5.44. The molecule has 0 spiro atoms. The Morgan fingerprint density at radius 1 is 1.33 bits per heavy atom. The van der Waals surface area contributed by atoms with Gasteiger partial charge in [0, 0.05) is 23.0 Å². The number of ether oxygens (including phenoxy) is 1. The summed E-state index contributed by atoms with van der Waals surface area (Å²) in [6, 6.07) is 6.24. The number of anilines is 1. The molecule has 106 valence electrons. The van der Waals surface area contributed by atoms with E-state index in [2.05, 4.69) is 43.3 Å². The Kier molecular flexibility index (Phi) is 3.27. The molecule has 2 aromatic heterocycles. The number of hydrogen-bond acceptors (Lipinski definition) is 5.